The quantitative estimate of drug-likeness (QED) is 0.00989. The predicted octanol–water partition coefficient (Wildman–Crippen LogP) is -5.41. The molecule has 0 aliphatic carbocycles. The Morgan fingerprint density at radius 3 is 2.09 bits per heavy atom. The number of azo groups is 1. The number of nitrogens with one attached hydrogen (secondary N) is 2. The van der Waals surface area contributed by atoms with Gasteiger partial charge in [-0.1, -0.05) is 6.07 Å². The molecule has 1 aromatic heterocycles. The molecule has 0 aliphatic rings. The molecule has 0 spiro atoms. The van der Waals surface area contributed by atoms with Gasteiger partial charge in [0.25, 0.3) is 0 Å². The van der Waals surface area contributed by atoms with Gasteiger partial charge in [0, 0.05) is 16.3 Å². The number of nitrogens with zero attached hydrogens (tertiary/aromatic N) is 5. The fraction of sp³-hybridized carbons (Fsp3) is 0.0741. The van der Waals surface area contributed by atoms with Crippen LogP contribution in [0.5, 0.6) is 5.75 Å². The number of rotatable bonds is 17. The fourth-order valence-corrected chi connectivity index (χ4v) is 6.84. The molecule has 0 unspecified atom stereocenters. The molecule has 5 rings (SSSR count). The van der Waals surface area contributed by atoms with Gasteiger partial charge in [-0.3, -0.25) is 14.3 Å². The number of hydrogen-bond donors (Lipinski definition) is 4. The maximum atomic E-state index is 12.5. The van der Waals surface area contributed by atoms with Crippen LogP contribution in [-0.4, -0.2) is 53.8 Å². The zero-order valence-electron chi connectivity index (χ0n) is 28.9. The van der Waals surface area contributed by atoms with Crippen molar-refractivity contribution in [3.8, 4) is 5.75 Å². The number of halogens is 1. The Morgan fingerprint density at radius 1 is 0.821 bits per heavy atom. The standard InChI is InChI=1S/C27H23ClN8O13S4.3Na/c28-25-32-26(30-15-2-5-18(6-3-15)52(40,41)10-9-45-53(42,43)44)34-27(33-25)31-16-4-8-22(51-49-47-39)20(12-16)35-36-24-19(29)7-1-14-11-17(50-48-46-38)13-21(37)23(14)24;;;/h1-8,11-13,37-39H,9-10,29H2,(H,42,43,44)(H2,30,31,32,33,34);;;/q;3*+1/p-3. The maximum Gasteiger partial charge on any atom is 1.00 e. The molecular formula is C27H20ClN8Na3O13S4. The molecule has 56 heavy (non-hydrogen) atoms. The number of benzene rings is 4. The Labute approximate surface area is 397 Å². The molecule has 0 radical (unpaired) electrons. The minimum Gasteiger partial charge on any atom is -0.726 e. The fourth-order valence-electron chi connectivity index (χ4n) is 4.35. The van der Waals surface area contributed by atoms with Crippen LogP contribution in [0.4, 0.5) is 40.3 Å². The summed E-state index contributed by atoms with van der Waals surface area (Å²) >= 11 is 7.24. The van der Waals surface area contributed by atoms with Crippen LogP contribution in [0.15, 0.2) is 91.6 Å². The van der Waals surface area contributed by atoms with Crippen LogP contribution in [-0.2, 0) is 43.2 Å². The van der Waals surface area contributed by atoms with E-state index in [1.165, 1.54) is 48.5 Å². The van der Waals surface area contributed by atoms with Gasteiger partial charge in [0.1, 0.15) is 17.1 Å². The van der Waals surface area contributed by atoms with Crippen LogP contribution in [0.2, 0.25) is 5.28 Å². The first-order valence-corrected chi connectivity index (χ1v) is 18.9. The summed E-state index contributed by atoms with van der Waals surface area (Å²) in [5, 5.41) is 53.1. The Kier molecular flexibility index (Phi) is 21.1. The summed E-state index contributed by atoms with van der Waals surface area (Å²) in [7, 11) is -9.02. The van der Waals surface area contributed by atoms with E-state index in [-0.39, 0.29) is 144 Å². The SMILES string of the molecule is Nc1ccc2cc(SOO[O-])cc(O)c2c1N=Nc1cc(Nc2nc(Cl)nc(Nc3ccc(S(=O)(=O)CCOS(=O)(=O)[O-])cc3)n2)ccc1SOO[O-].[Na+].[Na+].[Na+]. The van der Waals surface area contributed by atoms with Crippen molar-refractivity contribution in [2.24, 2.45) is 10.2 Å². The number of sulfone groups is 1. The molecule has 0 atom stereocenters. The van der Waals surface area contributed by atoms with Gasteiger partial charge in [-0.2, -0.15) is 23.6 Å². The Morgan fingerprint density at radius 2 is 1.45 bits per heavy atom. The van der Waals surface area contributed by atoms with Crippen molar-refractivity contribution in [2.75, 3.05) is 28.7 Å². The molecular weight excluding hydrogens is 877 g/mol. The predicted molar refractivity (Wildman–Crippen MR) is 182 cm³/mol. The smallest absolute Gasteiger partial charge is 0.726 e. The molecule has 1 heterocycles. The van der Waals surface area contributed by atoms with Crippen molar-refractivity contribution in [1.29, 1.82) is 0 Å². The van der Waals surface area contributed by atoms with E-state index in [4.69, 9.17) is 17.3 Å². The third kappa shape index (κ3) is 14.7. The molecule has 4 aromatic carbocycles. The van der Waals surface area contributed by atoms with Gasteiger partial charge in [-0.05, 0) is 77.7 Å². The summed E-state index contributed by atoms with van der Waals surface area (Å²) < 4.78 is 69.4. The van der Waals surface area contributed by atoms with Crippen molar-refractivity contribution in [2.45, 2.75) is 14.7 Å². The molecule has 0 saturated carbocycles. The van der Waals surface area contributed by atoms with Gasteiger partial charge in [0.2, 0.25) is 27.6 Å². The van der Waals surface area contributed by atoms with Gasteiger partial charge < -0.3 is 36.5 Å². The van der Waals surface area contributed by atoms with E-state index >= 15 is 0 Å². The van der Waals surface area contributed by atoms with Gasteiger partial charge in [0.05, 0.1) is 57.3 Å². The summed E-state index contributed by atoms with van der Waals surface area (Å²) in [6.45, 7) is -0.843. The number of nitrogens with two attached hydrogens (primary N) is 1. The maximum absolute atomic E-state index is 12.5. The number of phenols is 1. The van der Waals surface area contributed by atoms with Crippen LogP contribution in [0, 0.1) is 0 Å². The third-order valence-corrected chi connectivity index (χ3v) is 10.0. The van der Waals surface area contributed by atoms with Gasteiger partial charge in [-0.15, -0.1) is 10.2 Å². The first kappa shape index (κ1) is 50.7. The van der Waals surface area contributed by atoms with Crippen molar-refractivity contribution in [3.63, 3.8) is 0 Å². The molecule has 280 valence electrons. The number of nitrogen functional groups attached to an aromatic ring is 1. The molecule has 0 saturated heterocycles. The second-order valence-electron chi connectivity index (χ2n) is 9.94. The minimum absolute atomic E-state index is 0. The molecule has 5 aromatic rings. The van der Waals surface area contributed by atoms with Crippen LogP contribution >= 0.6 is 35.7 Å². The van der Waals surface area contributed by atoms with Crippen LogP contribution < -0.4 is 116 Å². The number of fused-ring (bicyclic) bond motifs is 1. The summed E-state index contributed by atoms with van der Waals surface area (Å²) in [5.74, 6) is -1.11. The Hall–Kier alpha value is -1.48. The average Bonchev–Trinajstić information content (AvgIpc) is 3.09. The molecule has 21 nitrogen and oxygen atoms in total. The van der Waals surface area contributed by atoms with Gasteiger partial charge >= 0.3 is 88.7 Å². The normalized spacial score (nSPS) is 11.4. The van der Waals surface area contributed by atoms with E-state index in [0.29, 0.717) is 45.7 Å². The van der Waals surface area contributed by atoms with Crippen molar-refractivity contribution in [3.05, 3.63) is 72.0 Å². The largest absolute Gasteiger partial charge is 1.00 e. The average molecular weight is 897 g/mol. The van der Waals surface area contributed by atoms with E-state index < -0.39 is 32.6 Å². The zero-order chi connectivity index (χ0) is 38.2. The molecule has 29 heteroatoms. The van der Waals surface area contributed by atoms with E-state index in [1.54, 1.807) is 18.2 Å². The number of aromatic nitrogens is 3. The first-order chi connectivity index (χ1) is 25.2. The van der Waals surface area contributed by atoms with Crippen LogP contribution in [0.25, 0.3) is 10.8 Å². The van der Waals surface area contributed by atoms with Gasteiger partial charge in [-0.25, -0.2) is 16.8 Å². The summed E-state index contributed by atoms with van der Waals surface area (Å²) in [6.07, 6.45) is 0. The molecule has 0 amide bonds. The number of hydrogen-bond acceptors (Lipinski definition) is 23. The summed E-state index contributed by atoms with van der Waals surface area (Å²) in [4.78, 5) is 12.8. The Balaban J connectivity index is 0.00000361. The molecule has 5 N–H and O–H groups in total. The third-order valence-electron chi connectivity index (χ3n) is 6.51. The Bertz CT molecular complexity index is 2380. The van der Waals surface area contributed by atoms with Crippen molar-refractivity contribution >= 4 is 107 Å². The van der Waals surface area contributed by atoms with Crippen molar-refractivity contribution < 1.29 is 149 Å². The second kappa shape index (κ2) is 23.3. The van der Waals surface area contributed by atoms with E-state index in [9.17, 15) is 37.0 Å². The number of aromatic hydroxyl groups is 1. The monoisotopic (exact) mass is 896 g/mol. The van der Waals surface area contributed by atoms with E-state index in [0.717, 1.165) is 0 Å². The van der Waals surface area contributed by atoms with E-state index in [2.05, 4.69) is 58.7 Å². The molecule has 0 bridgehead atoms. The van der Waals surface area contributed by atoms with Crippen LogP contribution in [0.1, 0.15) is 0 Å². The first-order valence-electron chi connectivity index (χ1n) is 14.0. The minimum atomic E-state index is -5.04. The topological polar surface area (TPSA) is 317 Å². The van der Waals surface area contributed by atoms with Gasteiger partial charge in [0.15, 0.2) is 9.84 Å². The van der Waals surface area contributed by atoms with Crippen LogP contribution in [0.3, 0.4) is 0 Å². The zero-order valence-corrected chi connectivity index (χ0v) is 39.0. The molecule has 0 fully saturated rings. The number of anilines is 5. The summed E-state index contributed by atoms with van der Waals surface area (Å²) in [6, 6.07) is 15.7. The number of phenolic OH excluding ortho intramolecular Hbond substituents is 1. The van der Waals surface area contributed by atoms with E-state index in [1.807, 2.05) is 0 Å². The van der Waals surface area contributed by atoms with Crippen molar-refractivity contribution in [1.82, 2.24) is 15.0 Å². The summed E-state index contributed by atoms with van der Waals surface area (Å²) in [5.41, 5.74) is 7.19. The molecule has 0 aliphatic heterocycles. The second-order valence-corrected chi connectivity index (χ2v) is 15.0.